The Balaban J connectivity index is 2.04. The van der Waals surface area contributed by atoms with Gasteiger partial charge in [-0.2, -0.15) is 0 Å². The Hall–Kier alpha value is -2.30. The third kappa shape index (κ3) is 3.47. The van der Waals surface area contributed by atoms with Crippen LogP contribution in [0.15, 0.2) is 27.4 Å². The standard InChI is InChI=1S/C18H20O9/c1-7-9-3-2-8(4-11(9)27-18(25)10(7)5-13(20)21)17-16(24)15(23)14(22)12(6-19)26-17/h2-4,12,14-17,19,22-24H,5-6H2,1H3,(H,20,21)/t12-,14+,15+,16-,17+/m1/s1. The van der Waals surface area contributed by atoms with Crippen LogP contribution in [-0.4, -0.2) is 62.5 Å². The lowest BCUT2D eigenvalue weighted by atomic mass is 9.90. The highest BCUT2D eigenvalue weighted by molar-refractivity contribution is 5.83. The average molecular weight is 380 g/mol. The number of rotatable bonds is 4. The van der Waals surface area contributed by atoms with Gasteiger partial charge in [-0.05, 0) is 24.1 Å². The third-order valence-corrected chi connectivity index (χ3v) is 4.86. The zero-order valence-electron chi connectivity index (χ0n) is 14.4. The van der Waals surface area contributed by atoms with Gasteiger partial charge in [0.15, 0.2) is 0 Å². The lowest BCUT2D eigenvalue weighted by Gasteiger charge is -2.40. The molecule has 1 aromatic carbocycles. The van der Waals surface area contributed by atoms with Crippen LogP contribution < -0.4 is 5.63 Å². The van der Waals surface area contributed by atoms with E-state index in [2.05, 4.69) is 0 Å². The first-order valence-electron chi connectivity index (χ1n) is 8.33. The molecule has 0 amide bonds. The number of aliphatic hydroxyl groups is 4. The zero-order valence-corrected chi connectivity index (χ0v) is 14.4. The van der Waals surface area contributed by atoms with Crippen molar-refractivity contribution in [1.29, 1.82) is 0 Å². The van der Waals surface area contributed by atoms with E-state index in [1.165, 1.54) is 6.07 Å². The van der Waals surface area contributed by atoms with Gasteiger partial charge in [-0.15, -0.1) is 0 Å². The van der Waals surface area contributed by atoms with Gasteiger partial charge in [0.05, 0.1) is 18.6 Å². The van der Waals surface area contributed by atoms with Gasteiger partial charge in [0.2, 0.25) is 0 Å². The Morgan fingerprint density at radius 2 is 1.85 bits per heavy atom. The predicted octanol–water partition coefficient (Wildman–Crippen LogP) is -0.757. The van der Waals surface area contributed by atoms with Crippen LogP contribution in [0.5, 0.6) is 0 Å². The molecule has 27 heavy (non-hydrogen) atoms. The minimum atomic E-state index is -1.52. The number of carboxylic acid groups (broad SMARTS) is 1. The molecule has 3 rings (SSSR count). The van der Waals surface area contributed by atoms with Crippen LogP contribution in [0.2, 0.25) is 0 Å². The summed E-state index contributed by atoms with van der Waals surface area (Å²) in [5.41, 5.74) is 0.293. The van der Waals surface area contributed by atoms with Crippen LogP contribution in [0.4, 0.5) is 0 Å². The van der Waals surface area contributed by atoms with Gasteiger partial charge in [0.25, 0.3) is 0 Å². The molecule has 0 bridgehead atoms. The molecule has 0 spiro atoms. The molecule has 9 nitrogen and oxygen atoms in total. The molecule has 0 unspecified atom stereocenters. The highest BCUT2D eigenvalue weighted by atomic mass is 16.5. The van der Waals surface area contributed by atoms with Crippen LogP contribution >= 0.6 is 0 Å². The molecular formula is C18H20O9. The maximum atomic E-state index is 12.1. The number of hydrogen-bond donors (Lipinski definition) is 5. The van der Waals surface area contributed by atoms with Crippen molar-refractivity contribution in [2.45, 2.75) is 43.9 Å². The molecule has 0 aliphatic carbocycles. The summed E-state index contributed by atoms with van der Waals surface area (Å²) in [6.45, 7) is 1.06. The quantitative estimate of drug-likeness (QED) is 0.430. The number of aliphatic carboxylic acids is 1. The summed E-state index contributed by atoms with van der Waals surface area (Å²) < 4.78 is 10.7. The summed E-state index contributed by atoms with van der Waals surface area (Å²) in [6, 6.07) is 4.61. The fraction of sp³-hybridized carbons (Fsp3) is 0.444. The summed E-state index contributed by atoms with van der Waals surface area (Å²) in [6.07, 6.45) is -7.04. The van der Waals surface area contributed by atoms with E-state index in [4.69, 9.17) is 14.3 Å². The average Bonchev–Trinajstić information content (AvgIpc) is 2.63. The van der Waals surface area contributed by atoms with Crippen LogP contribution in [-0.2, 0) is 16.0 Å². The van der Waals surface area contributed by atoms with Crippen LogP contribution in [0.1, 0.15) is 22.8 Å². The Morgan fingerprint density at radius 3 is 2.48 bits per heavy atom. The largest absolute Gasteiger partial charge is 0.481 e. The van der Waals surface area contributed by atoms with Crippen molar-refractivity contribution < 1.29 is 39.5 Å². The first kappa shape index (κ1) is 19.5. The molecule has 0 saturated carbocycles. The van der Waals surface area contributed by atoms with Gasteiger partial charge in [-0.3, -0.25) is 4.79 Å². The third-order valence-electron chi connectivity index (χ3n) is 4.86. The van der Waals surface area contributed by atoms with Gasteiger partial charge < -0.3 is 34.7 Å². The van der Waals surface area contributed by atoms with Crippen LogP contribution in [0, 0.1) is 6.92 Å². The maximum Gasteiger partial charge on any atom is 0.340 e. The lowest BCUT2D eigenvalue weighted by molar-refractivity contribution is -0.231. The molecule has 0 radical (unpaired) electrons. The Kier molecular flexibility index (Phi) is 5.31. The SMILES string of the molecule is Cc1c(CC(=O)O)c(=O)oc2cc([C@@H]3O[C@H](CO)[C@H](O)[C@H](O)[C@H]3O)ccc12. The molecule has 1 aliphatic rings. The molecule has 2 heterocycles. The van der Waals surface area contributed by atoms with E-state index in [1.807, 2.05) is 0 Å². The van der Waals surface area contributed by atoms with Crippen molar-refractivity contribution in [2.24, 2.45) is 0 Å². The highest BCUT2D eigenvalue weighted by Crippen LogP contribution is 2.34. The Bertz CT molecular complexity index is 917. The van der Waals surface area contributed by atoms with Crippen molar-refractivity contribution in [3.63, 3.8) is 0 Å². The van der Waals surface area contributed by atoms with Crippen molar-refractivity contribution in [1.82, 2.24) is 0 Å². The number of carboxylic acids is 1. The van der Waals surface area contributed by atoms with Crippen LogP contribution in [0.3, 0.4) is 0 Å². The first-order valence-corrected chi connectivity index (χ1v) is 8.33. The lowest BCUT2D eigenvalue weighted by Crippen LogP contribution is -2.55. The summed E-state index contributed by atoms with van der Waals surface area (Å²) in [5, 5.41) is 48.8. The maximum absolute atomic E-state index is 12.1. The van der Waals surface area contributed by atoms with E-state index in [1.54, 1.807) is 19.1 Å². The Morgan fingerprint density at radius 1 is 1.15 bits per heavy atom. The highest BCUT2D eigenvalue weighted by Gasteiger charge is 2.44. The van der Waals surface area contributed by atoms with Gasteiger partial charge in [0, 0.05) is 5.39 Å². The molecule has 2 aromatic rings. The zero-order chi connectivity index (χ0) is 19.9. The van der Waals surface area contributed by atoms with Gasteiger partial charge in [-0.25, -0.2) is 4.79 Å². The number of aliphatic hydroxyl groups excluding tert-OH is 4. The number of benzene rings is 1. The molecule has 146 valence electrons. The fourth-order valence-corrected chi connectivity index (χ4v) is 3.32. The van der Waals surface area contributed by atoms with Crippen molar-refractivity contribution in [3.8, 4) is 0 Å². The number of aryl methyl sites for hydroxylation is 1. The van der Waals surface area contributed by atoms with Gasteiger partial charge >= 0.3 is 11.6 Å². The predicted molar refractivity (Wildman–Crippen MR) is 91.3 cm³/mol. The summed E-state index contributed by atoms with van der Waals surface area (Å²) in [5.74, 6) is -1.15. The summed E-state index contributed by atoms with van der Waals surface area (Å²) in [7, 11) is 0. The topological polar surface area (TPSA) is 158 Å². The number of fused-ring (bicyclic) bond motifs is 1. The molecule has 1 aromatic heterocycles. The van der Waals surface area contributed by atoms with E-state index in [-0.39, 0.29) is 11.1 Å². The van der Waals surface area contributed by atoms with E-state index >= 15 is 0 Å². The second-order valence-electron chi connectivity index (χ2n) is 6.57. The Labute approximate surface area is 153 Å². The molecule has 5 N–H and O–H groups in total. The number of ether oxygens (including phenoxy) is 1. The molecule has 1 aliphatic heterocycles. The van der Waals surface area contributed by atoms with Crippen molar-refractivity contribution in [3.05, 3.63) is 45.3 Å². The number of carbonyl (C=O) groups is 1. The summed E-state index contributed by atoms with van der Waals surface area (Å²) >= 11 is 0. The van der Waals surface area contributed by atoms with Crippen molar-refractivity contribution in [2.75, 3.05) is 6.61 Å². The van der Waals surface area contributed by atoms with E-state index in [0.717, 1.165) is 0 Å². The second kappa shape index (κ2) is 7.37. The van der Waals surface area contributed by atoms with Gasteiger partial charge in [-0.1, -0.05) is 12.1 Å². The fourth-order valence-electron chi connectivity index (χ4n) is 3.32. The molecule has 1 saturated heterocycles. The normalized spacial score (nSPS) is 28.4. The number of hydrogen-bond acceptors (Lipinski definition) is 8. The molecule has 5 atom stereocenters. The second-order valence-corrected chi connectivity index (χ2v) is 6.57. The molecule has 1 fully saturated rings. The first-order chi connectivity index (χ1) is 12.7. The summed E-state index contributed by atoms with van der Waals surface area (Å²) in [4.78, 5) is 23.1. The molecular weight excluding hydrogens is 360 g/mol. The monoisotopic (exact) mass is 380 g/mol. The van der Waals surface area contributed by atoms with E-state index < -0.39 is 55.1 Å². The smallest absolute Gasteiger partial charge is 0.340 e. The molecule has 9 heteroatoms. The minimum absolute atomic E-state index is 0.0515. The van der Waals surface area contributed by atoms with E-state index in [9.17, 15) is 30.0 Å². The van der Waals surface area contributed by atoms with Crippen molar-refractivity contribution >= 4 is 16.9 Å². The minimum Gasteiger partial charge on any atom is -0.481 e. The van der Waals surface area contributed by atoms with Gasteiger partial charge in [0.1, 0.15) is 36.1 Å². The van der Waals surface area contributed by atoms with E-state index in [0.29, 0.717) is 16.5 Å². The van der Waals surface area contributed by atoms with Crippen LogP contribution in [0.25, 0.3) is 11.0 Å².